The van der Waals surface area contributed by atoms with Crippen LogP contribution in [0.3, 0.4) is 0 Å². The van der Waals surface area contributed by atoms with Crippen LogP contribution in [0.1, 0.15) is 36.4 Å². The number of thiophene rings is 1. The lowest BCUT2D eigenvalue weighted by Gasteiger charge is -2.22. The Labute approximate surface area is 117 Å². The molecule has 0 spiro atoms. The van der Waals surface area contributed by atoms with Crippen molar-refractivity contribution < 1.29 is 4.79 Å². The second-order valence-electron chi connectivity index (χ2n) is 3.98. The van der Waals surface area contributed by atoms with Crippen LogP contribution in [-0.4, -0.2) is 25.3 Å². The number of unbranched alkanes of at least 4 members (excludes halogenated alkanes) is 1. The number of primary amides is 1. The molecule has 1 rings (SSSR count). The second-order valence-corrected chi connectivity index (χ2v) is 5.80. The van der Waals surface area contributed by atoms with Gasteiger partial charge in [0, 0.05) is 13.1 Å². The molecule has 0 aliphatic heterocycles. The Hall–Kier alpha value is -0.880. The largest absolute Gasteiger partial charge is 0.396 e. The minimum Gasteiger partial charge on any atom is -0.396 e. The van der Waals surface area contributed by atoms with E-state index in [-0.39, 0.29) is 0 Å². The lowest BCUT2D eigenvalue weighted by molar-refractivity contribution is 0.100. The van der Waals surface area contributed by atoms with Crippen LogP contribution in [-0.2, 0) is 0 Å². The van der Waals surface area contributed by atoms with Crippen molar-refractivity contribution in [3.05, 3.63) is 4.88 Å². The standard InChI is InChI=1S/C12H21N3OS2/c1-4-6-7-15(5-2)12-10(17-3)8(13)9(18-12)11(14)16/h4-7,13H2,1-3H3,(H2,14,16). The normalized spacial score (nSPS) is 10.6. The number of amides is 1. The van der Waals surface area contributed by atoms with Gasteiger partial charge in [-0.05, 0) is 19.6 Å². The summed E-state index contributed by atoms with van der Waals surface area (Å²) in [6, 6.07) is 0. The fraction of sp³-hybridized carbons (Fsp3) is 0.583. The van der Waals surface area contributed by atoms with Crippen molar-refractivity contribution in [2.45, 2.75) is 31.6 Å². The van der Waals surface area contributed by atoms with Crippen LogP contribution in [0.2, 0.25) is 0 Å². The molecule has 1 heterocycles. The molecule has 0 aliphatic carbocycles. The molecule has 102 valence electrons. The number of thioether (sulfide) groups is 1. The van der Waals surface area contributed by atoms with Gasteiger partial charge in [-0.25, -0.2) is 0 Å². The Bertz CT molecular complexity index is 418. The summed E-state index contributed by atoms with van der Waals surface area (Å²) >= 11 is 2.98. The van der Waals surface area contributed by atoms with E-state index in [1.807, 2.05) is 6.26 Å². The lowest BCUT2D eigenvalue weighted by Crippen LogP contribution is -2.23. The zero-order valence-corrected chi connectivity index (χ0v) is 12.8. The number of rotatable bonds is 7. The second kappa shape index (κ2) is 6.89. The maximum atomic E-state index is 11.4. The SMILES string of the molecule is CCCCN(CC)c1sc(C(N)=O)c(N)c1SC. The van der Waals surface area contributed by atoms with E-state index in [1.165, 1.54) is 11.3 Å². The Morgan fingerprint density at radius 2 is 2.11 bits per heavy atom. The van der Waals surface area contributed by atoms with Gasteiger partial charge in [0.2, 0.25) is 0 Å². The summed E-state index contributed by atoms with van der Waals surface area (Å²) in [5, 5.41) is 1.07. The van der Waals surface area contributed by atoms with Crippen molar-refractivity contribution in [3.8, 4) is 0 Å². The predicted molar refractivity (Wildman–Crippen MR) is 81.8 cm³/mol. The molecule has 0 unspecified atom stereocenters. The van der Waals surface area contributed by atoms with E-state index in [0.29, 0.717) is 10.6 Å². The molecule has 6 heteroatoms. The van der Waals surface area contributed by atoms with E-state index in [4.69, 9.17) is 11.5 Å². The zero-order valence-electron chi connectivity index (χ0n) is 11.2. The quantitative estimate of drug-likeness (QED) is 0.756. The average Bonchev–Trinajstić information content (AvgIpc) is 2.67. The fourth-order valence-electron chi connectivity index (χ4n) is 1.76. The van der Waals surface area contributed by atoms with Gasteiger partial charge in [0.1, 0.15) is 9.88 Å². The number of hydrogen-bond donors (Lipinski definition) is 2. The summed E-state index contributed by atoms with van der Waals surface area (Å²) in [5.74, 6) is -0.439. The van der Waals surface area contributed by atoms with Crippen molar-refractivity contribution >= 4 is 39.7 Å². The van der Waals surface area contributed by atoms with Gasteiger partial charge in [-0.15, -0.1) is 23.1 Å². The first-order chi connectivity index (χ1) is 8.56. The van der Waals surface area contributed by atoms with E-state index in [0.717, 1.165) is 35.8 Å². The highest BCUT2D eigenvalue weighted by Gasteiger charge is 2.21. The summed E-state index contributed by atoms with van der Waals surface area (Å²) in [6.45, 7) is 6.17. The van der Waals surface area contributed by atoms with Crippen LogP contribution >= 0.6 is 23.1 Å². The van der Waals surface area contributed by atoms with Crippen LogP contribution in [0.25, 0.3) is 0 Å². The molecule has 1 amide bonds. The van der Waals surface area contributed by atoms with Crippen LogP contribution < -0.4 is 16.4 Å². The van der Waals surface area contributed by atoms with Gasteiger partial charge in [0.15, 0.2) is 0 Å². The Balaban J connectivity index is 3.12. The van der Waals surface area contributed by atoms with Crippen molar-refractivity contribution in [2.75, 3.05) is 30.0 Å². The molecule has 0 saturated carbocycles. The number of carbonyl (C=O) groups excluding carboxylic acids is 1. The maximum Gasteiger partial charge on any atom is 0.261 e. The molecule has 1 aromatic heterocycles. The highest BCUT2D eigenvalue weighted by atomic mass is 32.2. The van der Waals surface area contributed by atoms with Gasteiger partial charge in [-0.3, -0.25) is 4.79 Å². The summed E-state index contributed by atoms with van der Waals surface area (Å²) in [6.07, 6.45) is 4.25. The number of nitrogens with two attached hydrogens (primary N) is 2. The average molecular weight is 287 g/mol. The van der Waals surface area contributed by atoms with E-state index in [9.17, 15) is 4.79 Å². The third-order valence-electron chi connectivity index (χ3n) is 2.76. The number of anilines is 2. The van der Waals surface area contributed by atoms with E-state index in [1.54, 1.807) is 11.8 Å². The summed E-state index contributed by atoms with van der Waals surface area (Å²) < 4.78 is 0. The molecule has 4 N–H and O–H groups in total. The molecular formula is C12H21N3OS2. The van der Waals surface area contributed by atoms with Gasteiger partial charge in [-0.2, -0.15) is 0 Å². The minimum atomic E-state index is -0.439. The van der Waals surface area contributed by atoms with Crippen LogP contribution in [0, 0.1) is 0 Å². The first kappa shape index (κ1) is 15.2. The van der Waals surface area contributed by atoms with Crippen molar-refractivity contribution in [3.63, 3.8) is 0 Å². The Kier molecular flexibility index (Phi) is 5.81. The number of carbonyl (C=O) groups is 1. The maximum absolute atomic E-state index is 11.4. The van der Waals surface area contributed by atoms with Gasteiger partial charge in [0.05, 0.1) is 10.6 Å². The third kappa shape index (κ3) is 3.11. The topological polar surface area (TPSA) is 72.3 Å². The molecule has 1 aromatic rings. The molecular weight excluding hydrogens is 266 g/mol. The van der Waals surface area contributed by atoms with Gasteiger partial charge in [0.25, 0.3) is 5.91 Å². The lowest BCUT2D eigenvalue weighted by atomic mass is 10.3. The van der Waals surface area contributed by atoms with E-state index >= 15 is 0 Å². The van der Waals surface area contributed by atoms with Crippen LogP contribution in [0.4, 0.5) is 10.7 Å². The number of nitrogens with zero attached hydrogens (tertiary/aromatic N) is 1. The summed E-state index contributed by atoms with van der Waals surface area (Å²) in [4.78, 5) is 15.1. The van der Waals surface area contributed by atoms with E-state index in [2.05, 4.69) is 18.7 Å². The molecule has 0 aromatic carbocycles. The van der Waals surface area contributed by atoms with Crippen LogP contribution in [0.5, 0.6) is 0 Å². The Morgan fingerprint density at radius 3 is 2.56 bits per heavy atom. The molecule has 0 atom stereocenters. The van der Waals surface area contributed by atoms with Gasteiger partial charge >= 0.3 is 0 Å². The van der Waals surface area contributed by atoms with Gasteiger partial charge in [-0.1, -0.05) is 13.3 Å². The minimum absolute atomic E-state index is 0.439. The van der Waals surface area contributed by atoms with Crippen molar-refractivity contribution in [1.29, 1.82) is 0 Å². The molecule has 4 nitrogen and oxygen atoms in total. The Morgan fingerprint density at radius 1 is 1.44 bits per heavy atom. The molecule has 0 fully saturated rings. The highest BCUT2D eigenvalue weighted by molar-refractivity contribution is 7.99. The van der Waals surface area contributed by atoms with Crippen LogP contribution in [0.15, 0.2) is 4.90 Å². The zero-order chi connectivity index (χ0) is 13.7. The molecule has 0 radical (unpaired) electrons. The summed E-state index contributed by atoms with van der Waals surface area (Å²) in [5.41, 5.74) is 11.9. The van der Waals surface area contributed by atoms with E-state index < -0.39 is 5.91 Å². The highest BCUT2D eigenvalue weighted by Crippen LogP contribution is 2.43. The first-order valence-electron chi connectivity index (χ1n) is 6.07. The predicted octanol–water partition coefficient (Wildman–Crippen LogP) is 2.78. The molecule has 18 heavy (non-hydrogen) atoms. The van der Waals surface area contributed by atoms with Crippen molar-refractivity contribution in [1.82, 2.24) is 0 Å². The first-order valence-corrected chi connectivity index (χ1v) is 8.11. The smallest absolute Gasteiger partial charge is 0.261 e. The number of nitrogen functional groups attached to an aromatic ring is 1. The monoisotopic (exact) mass is 287 g/mol. The molecule has 0 aliphatic rings. The summed E-state index contributed by atoms with van der Waals surface area (Å²) in [7, 11) is 0. The fourth-order valence-corrected chi connectivity index (χ4v) is 3.88. The van der Waals surface area contributed by atoms with Gasteiger partial charge < -0.3 is 16.4 Å². The third-order valence-corrected chi connectivity index (χ3v) is 4.99. The molecule has 0 saturated heterocycles. The number of hydrogen-bond acceptors (Lipinski definition) is 5. The van der Waals surface area contributed by atoms with Crippen molar-refractivity contribution in [2.24, 2.45) is 5.73 Å². The molecule has 0 bridgehead atoms.